The maximum Gasteiger partial charge on any atom is 0.238 e. The van der Waals surface area contributed by atoms with Crippen LogP contribution in [-0.4, -0.2) is 72.2 Å². The second-order valence-electron chi connectivity index (χ2n) is 15.7. The Morgan fingerprint density at radius 3 is 1.00 bits per heavy atom. The number of fused-ring (bicyclic) bond motifs is 4. The van der Waals surface area contributed by atoms with Crippen LogP contribution in [0.3, 0.4) is 0 Å². The minimum atomic E-state index is -3.81. The van der Waals surface area contributed by atoms with E-state index in [1.54, 1.807) is 146 Å². The van der Waals surface area contributed by atoms with Crippen LogP contribution in [0.15, 0.2) is 146 Å². The van der Waals surface area contributed by atoms with E-state index < -0.39 is 55.0 Å². The highest BCUT2D eigenvalue weighted by Crippen LogP contribution is 2.52. The summed E-state index contributed by atoms with van der Waals surface area (Å²) < 4.78 is 70.9. The Morgan fingerprint density at radius 2 is 0.703 bits per heavy atom. The van der Waals surface area contributed by atoms with E-state index in [1.807, 2.05) is 0 Å². The lowest BCUT2D eigenvalue weighted by Crippen LogP contribution is -2.36. The molecule has 0 spiro atoms. The molecule has 4 aliphatic rings. The van der Waals surface area contributed by atoms with Crippen molar-refractivity contribution in [2.24, 2.45) is 0 Å². The molecule has 0 amide bonds. The molecule has 6 aromatic carbocycles. The van der Waals surface area contributed by atoms with Gasteiger partial charge >= 0.3 is 0 Å². The van der Waals surface area contributed by atoms with Crippen LogP contribution in [0, 0.1) is 0 Å². The van der Waals surface area contributed by atoms with Gasteiger partial charge in [0.2, 0.25) is 20.0 Å². The van der Waals surface area contributed by atoms with E-state index in [0.29, 0.717) is 34.3 Å². The Hall–Kier alpha value is -6.00. The van der Waals surface area contributed by atoms with Crippen molar-refractivity contribution in [1.29, 1.82) is 0 Å². The van der Waals surface area contributed by atoms with Gasteiger partial charge in [-0.05, 0) is 130 Å². The van der Waals surface area contributed by atoms with E-state index in [1.165, 1.54) is 0 Å². The topological polar surface area (TPSA) is 192 Å². The van der Waals surface area contributed by atoms with Gasteiger partial charge in [0.1, 0.15) is 45.7 Å². The second-order valence-corrected chi connectivity index (χ2v) is 20.3. The first-order valence-electron chi connectivity index (χ1n) is 20.2. The number of rotatable bonds is 10. The summed E-state index contributed by atoms with van der Waals surface area (Å²) in [6.45, 7) is 0. The molecule has 2 fully saturated rings. The van der Waals surface area contributed by atoms with Gasteiger partial charge in [0.05, 0.1) is 33.6 Å². The minimum absolute atomic E-state index is 0.120. The van der Waals surface area contributed by atoms with Crippen LogP contribution < -0.4 is 9.44 Å². The average Bonchev–Trinajstić information content (AvgIpc) is 4.08. The lowest BCUT2D eigenvalue weighted by atomic mass is 9.83. The van der Waals surface area contributed by atoms with Crippen molar-refractivity contribution < 1.29 is 46.7 Å². The van der Waals surface area contributed by atoms with Gasteiger partial charge in [-0.3, -0.25) is 9.44 Å². The summed E-state index contributed by atoms with van der Waals surface area (Å²) >= 11 is 12.3. The van der Waals surface area contributed by atoms with Crippen molar-refractivity contribution in [1.82, 2.24) is 0 Å². The largest absolute Gasteiger partial charge is 0.508 e. The first-order chi connectivity index (χ1) is 30.7. The third-order valence-electron chi connectivity index (χ3n) is 11.7. The summed E-state index contributed by atoms with van der Waals surface area (Å²) in [6, 6.07) is 40.2. The van der Waals surface area contributed by atoms with Gasteiger partial charge in [-0.1, -0.05) is 96.0 Å². The minimum Gasteiger partial charge on any atom is -0.508 e. The molecule has 10 rings (SSSR count). The zero-order chi connectivity index (χ0) is 44.9. The molecular weight excluding hydrogens is 900 g/mol. The molecule has 0 unspecified atom stereocenters. The average molecular weight is 940 g/mol. The summed E-state index contributed by atoms with van der Waals surface area (Å²) in [5.74, 6) is 0.534. The number of benzene rings is 6. The molecule has 4 bridgehead atoms. The van der Waals surface area contributed by atoms with Crippen LogP contribution in [0.1, 0.15) is 35.1 Å². The third kappa shape index (κ3) is 8.40. The van der Waals surface area contributed by atoms with Crippen LogP contribution in [0.25, 0.3) is 22.3 Å². The Morgan fingerprint density at radius 1 is 0.422 bits per heavy atom. The molecule has 6 N–H and O–H groups in total. The van der Waals surface area contributed by atoms with Crippen molar-refractivity contribution >= 4 is 76.9 Å². The smallest absolute Gasteiger partial charge is 0.238 e. The van der Waals surface area contributed by atoms with Gasteiger partial charge in [0.25, 0.3) is 0 Å². The summed E-state index contributed by atoms with van der Waals surface area (Å²) in [6.07, 6.45) is -1.62. The maximum absolute atomic E-state index is 13.3. The lowest BCUT2D eigenvalue weighted by Gasteiger charge is -2.25. The number of sulfonamides is 2. The highest BCUT2D eigenvalue weighted by molar-refractivity contribution is 7.93. The van der Waals surface area contributed by atoms with Gasteiger partial charge in [-0.2, -0.15) is 0 Å². The molecule has 0 aliphatic carbocycles. The molecule has 328 valence electrons. The van der Waals surface area contributed by atoms with Crippen molar-refractivity contribution in [3.63, 3.8) is 0 Å². The fourth-order valence-corrected chi connectivity index (χ4v) is 12.5. The predicted octanol–water partition coefficient (Wildman–Crippen LogP) is 9.29. The summed E-state index contributed by atoms with van der Waals surface area (Å²) in [5, 5.41) is 37.8. The standard InChI is InChI=1S/2C24H20ClNO5S/c2*25-18-3-1-2-4-19(18)26-32(29,30)21-13-20-22(14-5-9-16(27)10-6-14)23(24(21)31-20)15-7-11-17(28)12-8-15/h2*1-12,20-21,24,26-28H,13H2/t2*20-,21+,24+/m10/s1. The summed E-state index contributed by atoms with van der Waals surface area (Å²) in [7, 11) is -7.62. The molecule has 2 saturated heterocycles. The molecule has 6 aromatic rings. The number of halogens is 2. The van der Waals surface area contributed by atoms with Crippen LogP contribution in [-0.2, 0) is 29.5 Å². The molecule has 16 heteroatoms. The molecule has 4 aliphatic heterocycles. The fraction of sp³-hybridized carbons (Fsp3) is 0.167. The van der Waals surface area contributed by atoms with E-state index in [4.69, 9.17) is 32.7 Å². The first kappa shape index (κ1) is 43.3. The zero-order valence-corrected chi connectivity index (χ0v) is 36.7. The van der Waals surface area contributed by atoms with Gasteiger partial charge in [-0.15, -0.1) is 0 Å². The highest BCUT2D eigenvalue weighted by atomic mass is 35.5. The normalized spacial score (nSPS) is 22.3. The van der Waals surface area contributed by atoms with E-state index in [0.717, 1.165) is 44.5 Å². The van der Waals surface area contributed by atoms with Crippen LogP contribution >= 0.6 is 23.2 Å². The van der Waals surface area contributed by atoms with Gasteiger partial charge in [0.15, 0.2) is 0 Å². The summed E-state index contributed by atoms with van der Waals surface area (Å²) in [5.41, 5.74) is 7.23. The number of nitrogens with one attached hydrogen (secondary N) is 2. The van der Waals surface area contributed by atoms with Crippen molar-refractivity contribution in [2.75, 3.05) is 9.44 Å². The fourth-order valence-electron chi connectivity index (χ4n) is 8.85. The number of anilines is 2. The Labute approximate surface area is 379 Å². The van der Waals surface area contributed by atoms with Crippen molar-refractivity contribution in [2.45, 2.75) is 47.8 Å². The highest BCUT2D eigenvalue weighted by Gasteiger charge is 2.54. The zero-order valence-electron chi connectivity index (χ0n) is 33.5. The molecule has 12 nitrogen and oxygen atoms in total. The SMILES string of the molecule is O=S(=O)(Nc1ccccc1Cl)[C@@H]1C[C@@H]2O[C@H]1C(c1ccc(O)cc1)=C2c1ccc(O)cc1.O=S(=O)(Nc1ccccc1Cl)[C@H]1C[C@H]2O[C@@H]1C(c1ccc(O)cc1)=C2c1ccc(O)cc1. The number of hydrogen-bond acceptors (Lipinski definition) is 10. The molecule has 64 heavy (non-hydrogen) atoms. The molecule has 0 radical (unpaired) electrons. The first-order valence-corrected chi connectivity index (χ1v) is 24.0. The number of ether oxygens (including phenoxy) is 2. The quantitative estimate of drug-likeness (QED) is 0.0772. The van der Waals surface area contributed by atoms with Gasteiger partial charge < -0.3 is 29.9 Å². The molecule has 6 atom stereocenters. The number of para-hydroxylation sites is 2. The monoisotopic (exact) mass is 938 g/mol. The van der Waals surface area contributed by atoms with E-state index in [9.17, 15) is 37.3 Å². The van der Waals surface area contributed by atoms with E-state index in [2.05, 4.69) is 9.44 Å². The molecule has 0 aromatic heterocycles. The molecule has 0 saturated carbocycles. The Kier molecular flexibility index (Phi) is 11.6. The molecular formula is C48H40Cl2N2O10S2. The van der Waals surface area contributed by atoms with Crippen molar-refractivity contribution in [3.05, 3.63) is 178 Å². The van der Waals surface area contributed by atoms with E-state index in [-0.39, 0.29) is 23.0 Å². The van der Waals surface area contributed by atoms with E-state index >= 15 is 0 Å². The number of phenolic OH excluding ortho intramolecular Hbond substituents is 4. The van der Waals surface area contributed by atoms with Crippen LogP contribution in [0.4, 0.5) is 11.4 Å². The number of phenols is 4. The number of hydrogen-bond donors (Lipinski definition) is 6. The second kappa shape index (κ2) is 17.2. The lowest BCUT2D eigenvalue weighted by molar-refractivity contribution is 0.128. The Bertz CT molecular complexity index is 2810. The van der Waals surface area contributed by atoms with Crippen LogP contribution in [0.2, 0.25) is 10.0 Å². The van der Waals surface area contributed by atoms with Gasteiger partial charge in [-0.25, -0.2) is 16.8 Å². The van der Waals surface area contributed by atoms with Crippen molar-refractivity contribution in [3.8, 4) is 23.0 Å². The van der Waals surface area contributed by atoms with Gasteiger partial charge in [0, 0.05) is 0 Å². The van der Waals surface area contributed by atoms with Crippen LogP contribution in [0.5, 0.6) is 23.0 Å². The molecule has 4 heterocycles. The number of aromatic hydroxyl groups is 4. The maximum atomic E-state index is 13.3. The predicted molar refractivity (Wildman–Crippen MR) is 248 cm³/mol. The third-order valence-corrected chi connectivity index (χ3v) is 15.9. The Balaban J connectivity index is 0.000000162. The summed E-state index contributed by atoms with van der Waals surface area (Å²) in [4.78, 5) is 0.